The lowest BCUT2D eigenvalue weighted by Crippen LogP contribution is -2.43. The molecule has 1 aliphatic rings. The van der Waals surface area contributed by atoms with E-state index in [1.807, 2.05) is 11.8 Å². The Morgan fingerprint density at radius 1 is 1.50 bits per heavy atom. The van der Waals surface area contributed by atoms with E-state index in [-0.39, 0.29) is 0 Å². The summed E-state index contributed by atoms with van der Waals surface area (Å²) in [6.45, 7) is 6.59. The van der Waals surface area contributed by atoms with Gasteiger partial charge in [-0.15, -0.1) is 6.42 Å². The smallest absolute Gasteiger partial charge is 0.0598 e. The van der Waals surface area contributed by atoms with Crippen molar-refractivity contribution in [3.8, 4) is 12.3 Å². The van der Waals surface area contributed by atoms with E-state index in [1.54, 1.807) is 0 Å². The Hall–Kier alpha value is -0.170. The van der Waals surface area contributed by atoms with Crippen LogP contribution in [-0.4, -0.2) is 49.1 Å². The molecule has 1 fully saturated rings. The minimum atomic E-state index is 0.707. The fraction of sp³-hybridized carbons (Fsp3) is 0.846. The molecule has 1 saturated heterocycles. The standard InChI is InChI=1S/C13H24N2S/c1-4-7-15-8-5-13(6-9-15)14-10-12(2)11-16-3/h1,12-14H,5-11H2,2-3H3. The predicted molar refractivity (Wildman–Crippen MR) is 73.8 cm³/mol. The number of rotatable bonds is 6. The Balaban J connectivity index is 2.10. The summed E-state index contributed by atoms with van der Waals surface area (Å²) in [7, 11) is 0. The molecule has 1 aliphatic heterocycles. The quantitative estimate of drug-likeness (QED) is 0.711. The van der Waals surface area contributed by atoms with Crippen LogP contribution in [0.15, 0.2) is 0 Å². The fourth-order valence-corrected chi connectivity index (χ4v) is 2.82. The molecule has 0 saturated carbocycles. The van der Waals surface area contributed by atoms with Gasteiger partial charge < -0.3 is 5.32 Å². The minimum absolute atomic E-state index is 0.707. The summed E-state index contributed by atoms with van der Waals surface area (Å²) < 4.78 is 0. The van der Waals surface area contributed by atoms with Crippen LogP contribution in [0.25, 0.3) is 0 Å². The first-order chi connectivity index (χ1) is 7.76. The zero-order valence-corrected chi connectivity index (χ0v) is 11.4. The first kappa shape index (κ1) is 13.9. The van der Waals surface area contributed by atoms with Crippen molar-refractivity contribution in [2.24, 2.45) is 5.92 Å². The van der Waals surface area contributed by atoms with Gasteiger partial charge in [-0.2, -0.15) is 11.8 Å². The molecule has 0 aromatic rings. The van der Waals surface area contributed by atoms with Gasteiger partial charge in [0, 0.05) is 19.1 Å². The van der Waals surface area contributed by atoms with Crippen LogP contribution in [0.1, 0.15) is 19.8 Å². The molecule has 1 atom stereocenters. The summed E-state index contributed by atoms with van der Waals surface area (Å²) in [5, 5.41) is 3.68. The van der Waals surface area contributed by atoms with Gasteiger partial charge in [0.05, 0.1) is 6.54 Å². The summed E-state index contributed by atoms with van der Waals surface area (Å²) in [6, 6.07) is 0.707. The Labute approximate surface area is 105 Å². The minimum Gasteiger partial charge on any atom is -0.314 e. The normalized spacial score (nSPS) is 20.6. The highest BCUT2D eigenvalue weighted by molar-refractivity contribution is 7.98. The number of likely N-dealkylation sites (tertiary alicyclic amines) is 1. The average Bonchev–Trinajstić information content (AvgIpc) is 2.29. The summed E-state index contributed by atoms with van der Waals surface area (Å²) in [5.41, 5.74) is 0. The van der Waals surface area contributed by atoms with Crippen molar-refractivity contribution in [3.05, 3.63) is 0 Å². The van der Waals surface area contributed by atoms with Gasteiger partial charge in [-0.25, -0.2) is 0 Å². The fourth-order valence-electron chi connectivity index (χ4n) is 2.14. The number of nitrogens with zero attached hydrogens (tertiary/aromatic N) is 1. The third kappa shape index (κ3) is 5.25. The number of nitrogens with one attached hydrogen (secondary N) is 1. The van der Waals surface area contributed by atoms with E-state index in [0.29, 0.717) is 6.04 Å². The first-order valence-electron chi connectivity index (χ1n) is 6.14. The number of terminal acetylenes is 1. The Morgan fingerprint density at radius 2 is 2.19 bits per heavy atom. The van der Waals surface area contributed by atoms with Gasteiger partial charge in [0.1, 0.15) is 0 Å². The molecule has 0 amide bonds. The average molecular weight is 240 g/mol. The van der Waals surface area contributed by atoms with Gasteiger partial charge >= 0.3 is 0 Å². The van der Waals surface area contributed by atoms with Crippen LogP contribution >= 0.6 is 11.8 Å². The first-order valence-corrected chi connectivity index (χ1v) is 7.53. The molecule has 1 heterocycles. The molecule has 16 heavy (non-hydrogen) atoms. The number of hydrogen-bond acceptors (Lipinski definition) is 3. The summed E-state index contributed by atoms with van der Waals surface area (Å²) in [5.74, 6) is 4.75. The Bertz CT molecular complexity index is 216. The van der Waals surface area contributed by atoms with E-state index < -0.39 is 0 Å². The second-order valence-electron chi connectivity index (χ2n) is 4.72. The van der Waals surface area contributed by atoms with Crippen LogP contribution in [0, 0.1) is 18.3 Å². The molecule has 0 spiro atoms. The van der Waals surface area contributed by atoms with Crippen LogP contribution in [0.4, 0.5) is 0 Å². The maximum atomic E-state index is 5.32. The largest absolute Gasteiger partial charge is 0.314 e. The SMILES string of the molecule is C#CCN1CCC(NCC(C)CSC)CC1. The molecule has 0 aromatic carbocycles. The van der Waals surface area contributed by atoms with Crippen LogP contribution in [-0.2, 0) is 0 Å². The molecule has 3 heteroatoms. The van der Waals surface area contributed by atoms with Gasteiger partial charge in [0.25, 0.3) is 0 Å². The van der Waals surface area contributed by atoms with E-state index in [2.05, 4.69) is 29.3 Å². The van der Waals surface area contributed by atoms with Crippen molar-refractivity contribution in [3.63, 3.8) is 0 Å². The molecule has 0 bridgehead atoms. The van der Waals surface area contributed by atoms with Crippen LogP contribution < -0.4 is 5.32 Å². The van der Waals surface area contributed by atoms with Gasteiger partial charge in [0.2, 0.25) is 0 Å². The van der Waals surface area contributed by atoms with Gasteiger partial charge in [-0.05, 0) is 37.3 Å². The van der Waals surface area contributed by atoms with Crippen LogP contribution in [0.2, 0.25) is 0 Å². The highest BCUT2D eigenvalue weighted by atomic mass is 32.2. The lowest BCUT2D eigenvalue weighted by Gasteiger charge is -2.31. The molecule has 1 N–H and O–H groups in total. The van der Waals surface area contributed by atoms with E-state index in [9.17, 15) is 0 Å². The summed E-state index contributed by atoms with van der Waals surface area (Å²) in [6.07, 6.45) is 9.98. The lowest BCUT2D eigenvalue weighted by atomic mass is 10.0. The molecule has 0 radical (unpaired) electrons. The maximum absolute atomic E-state index is 5.32. The van der Waals surface area contributed by atoms with Gasteiger partial charge in [0.15, 0.2) is 0 Å². The molecular formula is C13H24N2S. The molecule has 1 rings (SSSR count). The number of piperidine rings is 1. The Morgan fingerprint density at radius 3 is 2.75 bits per heavy atom. The van der Waals surface area contributed by atoms with Crippen molar-refractivity contribution in [1.29, 1.82) is 0 Å². The second-order valence-corrected chi connectivity index (χ2v) is 5.63. The number of thioether (sulfide) groups is 1. The zero-order chi connectivity index (χ0) is 11.8. The molecule has 0 aromatic heterocycles. The second kappa shape index (κ2) is 8.00. The van der Waals surface area contributed by atoms with E-state index >= 15 is 0 Å². The molecular weight excluding hydrogens is 216 g/mol. The molecule has 92 valence electrons. The van der Waals surface area contributed by atoms with E-state index in [4.69, 9.17) is 6.42 Å². The zero-order valence-electron chi connectivity index (χ0n) is 10.5. The highest BCUT2D eigenvalue weighted by Crippen LogP contribution is 2.11. The summed E-state index contributed by atoms with van der Waals surface area (Å²) >= 11 is 1.93. The highest BCUT2D eigenvalue weighted by Gasteiger charge is 2.18. The van der Waals surface area contributed by atoms with Crippen LogP contribution in [0.5, 0.6) is 0 Å². The molecule has 1 unspecified atom stereocenters. The monoisotopic (exact) mass is 240 g/mol. The van der Waals surface area contributed by atoms with Crippen molar-refractivity contribution in [1.82, 2.24) is 10.2 Å². The van der Waals surface area contributed by atoms with Crippen molar-refractivity contribution in [2.45, 2.75) is 25.8 Å². The molecule has 0 aliphatic carbocycles. The van der Waals surface area contributed by atoms with E-state index in [0.717, 1.165) is 32.1 Å². The lowest BCUT2D eigenvalue weighted by molar-refractivity contribution is 0.215. The van der Waals surface area contributed by atoms with Crippen molar-refractivity contribution >= 4 is 11.8 Å². The predicted octanol–water partition coefficient (Wildman–Crippen LogP) is 1.67. The van der Waals surface area contributed by atoms with Gasteiger partial charge in [-0.3, -0.25) is 4.90 Å². The maximum Gasteiger partial charge on any atom is 0.0598 e. The van der Waals surface area contributed by atoms with Crippen LogP contribution in [0.3, 0.4) is 0 Å². The Kier molecular flexibility index (Phi) is 6.95. The van der Waals surface area contributed by atoms with Crippen molar-refractivity contribution < 1.29 is 0 Å². The van der Waals surface area contributed by atoms with Gasteiger partial charge in [-0.1, -0.05) is 12.8 Å². The van der Waals surface area contributed by atoms with E-state index in [1.165, 1.54) is 18.6 Å². The number of hydrogen-bond donors (Lipinski definition) is 1. The molecule has 2 nitrogen and oxygen atoms in total. The summed E-state index contributed by atoms with van der Waals surface area (Å²) in [4.78, 5) is 2.36. The third-order valence-electron chi connectivity index (χ3n) is 3.11. The third-order valence-corrected chi connectivity index (χ3v) is 4.01. The topological polar surface area (TPSA) is 15.3 Å². The van der Waals surface area contributed by atoms with Crippen molar-refractivity contribution in [2.75, 3.05) is 38.2 Å².